The zero-order valence-corrected chi connectivity index (χ0v) is 12.7. The van der Waals surface area contributed by atoms with Gasteiger partial charge < -0.3 is 20.5 Å². The average molecular weight is 320 g/mol. The highest BCUT2D eigenvalue weighted by Crippen LogP contribution is 2.18. The maximum atomic E-state index is 12.1. The topological polar surface area (TPSA) is 110 Å². The number of aliphatic carboxylic acids is 1. The van der Waals surface area contributed by atoms with Crippen molar-refractivity contribution < 1.29 is 24.2 Å². The number of carbonyl (C=O) groups is 3. The van der Waals surface area contributed by atoms with Crippen LogP contribution in [0.1, 0.15) is 29.6 Å². The fraction of sp³-hybridized carbons (Fsp3) is 0.438. The van der Waals surface area contributed by atoms with Gasteiger partial charge in [-0.25, -0.2) is 0 Å². The van der Waals surface area contributed by atoms with Crippen molar-refractivity contribution in [1.29, 1.82) is 0 Å². The van der Waals surface area contributed by atoms with Gasteiger partial charge >= 0.3 is 5.97 Å². The third kappa shape index (κ3) is 4.70. The predicted octanol–water partition coefficient (Wildman–Crippen LogP) is 0.878. The number of ether oxygens (including phenoxy) is 1. The minimum atomic E-state index is -0.853. The molecule has 1 aliphatic rings. The zero-order chi connectivity index (χ0) is 16.8. The van der Waals surface area contributed by atoms with Crippen molar-refractivity contribution in [3.63, 3.8) is 0 Å². The molecule has 7 nitrogen and oxygen atoms in total. The summed E-state index contributed by atoms with van der Waals surface area (Å²) in [4.78, 5) is 35.6. The van der Waals surface area contributed by atoms with Crippen LogP contribution in [0.4, 0.5) is 0 Å². The molecule has 2 amide bonds. The fourth-order valence-electron chi connectivity index (χ4n) is 2.53. The van der Waals surface area contributed by atoms with Crippen molar-refractivity contribution in [2.45, 2.75) is 19.3 Å². The maximum absolute atomic E-state index is 12.1. The van der Waals surface area contributed by atoms with Crippen LogP contribution in [0.15, 0.2) is 24.3 Å². The molecule has 1 saturated heterocycles. The molecule has 1 heterocycles. The number of nitrogens with two attached hydrogens (primary N) is 1. The molecule has 0 radical (unpaired) electrons. The van der Waals surface area contributed by atoms with Gasteiger partial charge in [-0.3, -0.25) is 14.4 Å². The Morgan fingerprint density at radius 1 is 1.26 bits per heavy atom. The van der Waals surface area contributed by atoms with Crippen molar-refractivity contribution in [1.82, 2.24) is 4.90 Å². The number of primary amides is 1. The Morgan fingerprint density at radius 2 is 1.96 bits per heavy atom. The lowest BCUT2D eigenvalue weighted by atomic mass is 9.98. The number of hydrogen-bond acceptors (Lipinski definition) is 4. The van der Waals surface area contributed by atoms with Gasteiger partial charge in [-0.05, 0) is 37.1 Å². The molecule has 1 aliphatic heterocycles. The van der Waals surface area contributed by atoms with E-state index < -0.39 is 17.8 Å². The van der Waals surface area contributed by atoms with Gasteiger partial charge in [0.15, 0.2) is 0 Å². The number of piperidine rings is 1. The van der Waals surface area contributed by atoms with E-state index in [4.69, 9.17) is 15.6 Å². The number of amides is 2. The number of hydrogen-bond donors (Lipinski definition) is 2. The second-order valence-electron chi connectivity index (χ2n) is 5.50. The summed E-state index contributed by atoms with van der Waals surface area (Å²) in [5, 5.41) is 9.03. The van der Waals surface area contributed by atoms with Gasteiger partial charge in [-0.1, -0.05) is 0 Å². The second-order valence-corrected chi connectivity index (χ2v) is 5.50. The molecule has 2 rings (SSSR count). The highest BCUT2D eigenvalue weighted by Gasteiger charge is 2.27. The van der Waals surface area contributed by atoms with E-state index in [1.807, 2.05) is 0 Å². The van der Waals surface area contributed by atoms with E-state index >= 15 is 0 Å². The van der Waals surface area contributed by atoms with E-state index in [1.165, 1.54) is 0 Å². The minimum Gasteiger partial charge on any atom is -0.493 e. The lowest BCUT2D eigenvalue weighted by Gasteiger charge is -2.30. The molecule has 7 heteroatoms. The molecular weight excluding hydrogens is 300 g/mol. The lowest BCUT2D eigenvalue weighted by Crippen LogP contribution is -2.42. The Kier molecular flexibility index (Phi) is 5.56. The van der Waals surface area contributed by atoms with Gasteiger partial charge in [0, 0.05) is 18.7 Å². The number of carbonyl (C=O) groups excluding carboxylic acids is 2. The Balaban J connectivity index is 1.78. The Morgan fingerprint density at radius 3 is 2.57 bits per heavy atom. The van der Waals surface area contributed by atoms with Crippen LogP contribution >= 0.6 is 0 Å². The lowest BCUT2D eigenvalue weighted by molar-refractivity contribution is -0.145. The van der Waals surface area contributed by atoms with Gasteiger partial charge in [-0.15, -0.1) is 0 Å². The first-order valence-electron chi connectivity index (χ1n) is 7.50. The molecule has 0 aromatic heterocycles. The highest BCUT2D eigenvalue weighted by molar-refractivity contribution is 5.92. The van der Waals surface area contributed by atoms with Crippen molar-refractivity contribution in [2.75, 3.05) is 19.7 Å². The van der Waals surface area contributed by atoms with E-state index in [9.17, 15) is 14.4 Å². The summed E-state index contributed by atoms with van der Waals surface area (Å²) < 4.78 is 5.46. The van der Waals surface area contributed by atoms with E-state index in [2.05, 4.69) is 0 Å². The normalized spacial score (nSPS) is 17.6. The third-order valence-corrected chi connectivity index (χ3v) is 3.85. The quantitative estimate of drug-likeness (QED) is 0.808. The summed E-state index contributed by atoms with van der Waals surface area (Å²) in [6.07, 6.45) is 1.50. The minimum absolute atomic E-state index is 0.107. The largest absolute Gasteiger partial charge is 0.493 e. The summed E-state index contributed by atoms with van der Waals surface area (Å²) in [5.74, 6) is -1.40. The van der Waals surface area contributed by atoms with E-state index in [1.54, 1.807) is 29.2 Å². The standard InChI is InChI=1S/C16H20N2O5/c17-15(20)11-3-5-13(6-4-11)23-9-7-14(19)18-8-1-2-12(10-18)16(21)22/h3-6,12H,1-2,7-10H2,(H2,17,20)(H,21,22). The van der Waals surface area contributed by atoms with E-state index in [0.29, 0.717) is 30.7 Å². The SMILES string of the molecule is NC(=O)c1ccc(OCCC(=O)N2CCCC(C(=O)O)C2)cc1. The summed E-state index contributed by atoms with van der Waals surface area (Å²) in [6, 6.07) is 6.35. The third-order valence-electron chi connectivity index (χ3n) is 3.85. The fourth-order valence-corrected chi connectivity index (χ4v) is 2.53. The molecule has 1 aromatic rings. The molecule has 1 aromatic carbocycles. The maximum Gasteiger partial charge on any atom is 0.308 e. The number of carboxylic acids is 1. The second kappa shape index (κ2) is 7.62. The number of carboxylic acid groups (broad SMARTS) is 1. The molecular formula is C16H20N2O5. The smallest absolute Gasteiger partial charge is 0.308 e. The molecule has 0 saturated carbocycles. The van der Waals surface area contributed by atoms with Crippen LogP contribution in [0.25, 0.3) is 0 Å². The van der Waals surface area contributed by atoms with Crippen LogP contribution in [0, 0.1) is 5.92 Å². The first-order chi connectivity index (χ1) is 11.0. The van der Waals surface area contributed by atoms with Crippen molar-refractivity contribution in [3.05, 3.63) is 29.8 Å². The average Bonchev–Trinajstić information content (AvgIpc) is 2.55. The Hall–Kier alpha value is -2.57. The Labute approximate surface area is 134 Å². The molecule has 0 aliphatic carbocycles. The van der Waals surface area contributed by atoms with Crippen LogP contribution < -0.4 is 10.5 Å². The van der Waals surface area contributed by atoms with E-state index in [-0.39, 0.29) is 25.5 Å². The van der Waals surface area contributed by atoms with Crippen molar-refractivity contribution >= 4 is 17.8 Å². The van der Waals surface area contributed by atoms with Crippen molar-refractivity contribution in [2.24, 2.45) is 11.7 Å². The van der Waals surface area contributed by atoms with Crippen LogP contribution in [-0.4, -0.2) is 47.5 Å². The number of nitrogens with zero attached hydrogens (tertiary/aromatic N) is 1. The van der Waals surface area contributed by atoms with E-state index in [0.717, 1.165) is 0 Å². The zero-order valence-electron chi connectivity index (χ0n) is 12.7. The van der Waals surface area contributed by atoms with Crippen LogP contribution in [0.3, 0.4) is 0 Å². The number of likely N-dealkylation sites (tertiary alicyclic amines) is 1. The van der Waals surface area contributed by atoms with Gasteiger partial charge in [0.25, 0.3) is 0 Å². The highest BCUT2D eigenvalue weighted by atomic mass is 16.5. The van der Waals surface area contributed by atoms with Crippen LogP contribution in [-0.2, 0) is 9.59 Å². The molecule has 23 heavy (non-hydrogen) atoms. The summed E-state index contributed by atoms with van der Waals surface area (Å²) in [6.45, 7) is 1.06. The predicted molar refractivity (Wildman–Crippen MR) is 82.0 cm³/mol. The molecule has 1 unspecified atom stereocenters. The number of rotatable bonds is 6. The van der Waals surface area contributed by atoms with Gasteiger partial charge in [-0.2, -0.15) is 0 Å². The first kappa shape index (κ1) is 16.8. The first-order valence-corrected chi connectivity index (χ1v) is 7.50. The Bertz CT molecular complexity index is 585. The number of benzene rings is 1. The van der Waals surface area contributed by atoms with Crippen LogP contribution in [0.2, 0.25) is 0 Å². The molecule has 3 N–H and O–H groups in total. The summed E-state index contributed by atoms with van der Waals surface area (Å²) in [5.41, 5.74) is 5.54. The molecule has 124 valence electrons. The summed E-state index contributed by atoms with van der Waals surface area (Å²) >= 11 is 0. The molecule has 0 spiro atoms. The van der Waals surface area contributed by atoms with Gasteiger partial charge in [0.1, 0.15) is 5.75 Å². The van der Waals surface area contributed by atoms with Crippen molar-refractivity contribution in [3.8, 4) is 5.75 Å². The molecule has 0 bridgehead atoms. The monoisotopic (exact) mass is 320 g/mol. The molecule has 1 fully saturated rings. The van der Waals surface area contributed by atoms with Gasteiger partial charge in [0.2, 0.25) is 11.8 Å². The molecule has 1 atom stereocenters. The summed E-state index contributed by atoms with van der Waals surface area (Å²) in [7, 11) is 0. The van der Waals surface area contributed by atoms with Gasteiger partial charge in [0.05, 0.1) is 18.9 Å². The van der Waals surface area contributed by atoms with Crippen LogP contribution in [0.5, 0.6) is 5.75 Å².